The Morgan fingerprint density at radius 2 is 2.11 bits per heavy atom. The van der Waals surface area contributed by atoms with E-state index >= 15 is 0 Å². The summed E-state index contributed by atoms with van der Waals surface area (Å²) in [6.45, 7) is -0.120. The van der Waals surface area contributed by atoms with Crippen molar-refractivity contribution in [2.24, 2.45) is 0 Å². The molecule has 106 valence electrons. The zero-order chi connectivity index (χ0) is 13.3. The highest BCUT2D eigenvalue weighted by molar-refractivity contribution is 6.03. The first-order valence-corrected chi connectivity index (χ1v) is 5.50. The first-order valence-electron chi connectivity index (χ1n) is 5.50. The summed E-state index contributed by atoms with van der Waals surface area (Å²) in [5.41, 5.74) is 3.80. The van der Waals surface area contributed by atoms with Crippen molar-refractivity contribution in [1.82, 2.24) is 9.97 Å². The Kier molecular flexibility index (Phi) is 4.62. The van der Waals surface area contributed by atoms with Crippen LogP contribution in [0.25, 0.3) is 0 Å². The number of nitrogens with two attached hydrogens (primary N) is 1. The van der Waals surface area contributed by atoms with Gasteiger partial charge in [-0.25, -0.2) is 4.79 Å². The predicted octanol–water partition coefficient (Wildman–Crippen LogP) is -0.811. The lowest BCUT2D eigenvalue weighted by Gasteiger charge is -2.14. The van der Waals surface area contributed by atoms with Crippen molar-refractivity contribution in [2.75, 3.05) is 12.3 Å². The SMILES string of the molecule is C.N=C(c1[nH]c(=O)[nH]c(=O)c1N)C1CCC(CO)O1. The Bertz CT molecular complexity index is 577. The molecule has 8 nitrogen and oxygen atoms in total. The summed E-state index contributed by atoms with van der Waals surface area (Å²) in [5.74, 6) is 0. The molecule has 0 radical (unpaired) electrons. The van der Waals surface area contributed by atoms with Gasteiger partial charge in [-0.2, -0.15) is 0 Å². The molecule has 0 aromatic carbocycles. The van der Waals surface area contributed by atoms with Gasteiger partial charge in [0.15, 0.2) is 0 Å². The summed E-state index contributed by atoms with van der Waals surface area (Å²) in [5, 5.41) is 16.9. The minimum atomic E-state index is -0.727. The van der Waals surface area contributed by atoms with E-state index in [-0.39, 0.29) is 37.2 Å². The Hall–Kier alpha value is -1.93. The number of aromatic nitrogens is 2. The first-order chi connectivity index (χ1) is 8.52. The number of hydrogen-bond acceptors (Lipinski definition) is 6. The highest BCUT2D eigenvalue weighted by Gasteiger charge is 2.30. The molecule has 1 aromatic rings. The fourth-order valence-electron chi connectivity index (χ4n) is 1.92. The highest BCUT2D eigenvalue weighted by Crippen LogP contribution is 2.22. The molecule has 0 aliphatic carbocycles. The van der Waals surface area contributed by atoms with Gasteiger partial charge >= 0.3 is 5.69 Å². The van der Waals surface area contributed by atoms with Crippen LogP contribution in [0.15, 0.2) is 9.59 Å². The van der Waals surface area contributed by atoms with Crippen molar-refractivity contribution in [1.29, 1.82) is 5.41 Å². The van der Waals surface area contributed by atoms with Gasteiger partial charge in [0.2, 0.25) is 0 Å². The molecule has 1 saturated heterocycles. The number of H-pyrrole nitrogens is 2. The molecule has 0 bridgehead atoms. The summed E-state index contributed by atoms with van der Waals surface area (Å²) in [6.07, 6.45) is 0.280. The second-order valence-electron chi connectivity index (χ2n) is 4.12. The molecule has 1 aliphatic rings. The third kappa shape index (κ3) is 2.91. The molecule has 1 fully saturated rings. The third-order valence-corrected chi connectivity index (χ3v) is 2.88. The molecular weight excluding hydrogens is 252 g/mol. The summed E-state index contributed by atoms with van der Waals surface area (Å²) in [6, 6.07) is 0. The molecule has 2 rings (SSSR count). The highest BCUT2D eigenvalue weighted by atomic mass is 16.5. The van der Waals surface area contributed by atoms with Crippen LogP contribution in [0.1, 0.15) is 26.0 Å². The maximum atomic E-state index is 11.3. The second-order valence-corrected chi connectivity index (χ2v) is 4.12. The van der Waals surface area contributed by atoms with E-state index in [1.807, 2.05) is 4.98 Å². The number of rotatable bonds is 3. The maximum absolute atomic E-state index is 11.3. The van der Waals surface area contributed by atoms with E-state index in [0.29, 0.717) is 12.8 Å². The van der Waals surface area contributed by atoms with Crippen LogP contribution >= 0.6 is 0 Å². The number of nitrogen functional groups attached to an aromatic ring is 1. The normalized spacial score (nSPS) is 21.9. The Morgan fingerprint density at radius 3 is 2.68 bits per heavy atom. The van der Waals surface area contributed by atoms with E-state index in [9.17, 15) is 9.59 Å². The van der Waals surface area contributed by atoms with Crippen LogP contribution in [0.5, 0.6) is 0 Å². The smallest absolute Gasteiger partial charge is 0.326 e. The molecule has 2 unspecified atom stereocenters. The molecule has 2 atom stereocenters. The van der Waals surface area contributed by atoms with Gasteiger partial charge in [0.25, 0.3) is 5.56 Å². The van der Waals surface area contributed by atoms with Crippen LogP contribution in [-0.4, -0.2) is 39.6 Å². The van der Waals surface area contributed by atoms with Gasteiger partial charge in [0.1, 0.15) is 11.8 Å². The standard InChI is InChI=1S/C10H14N4O4.CH4/c11-6(5-2-1-4(3-15)18-5)8-7(12)9(16)14-10(17)13-8;/h4-5,11,15H,1-3,12H2,(H2,13,14,16,17);1H4. The van der Waals surface area contributed by atoms with Crippen molar-refractivity contribution in [3.05, 3.63) is 26.5 Å². The predicted molar refractivity (Wildman–Crippen MR) is 70.6 cm³/mol. The largest absolute Gasteiger partial charge is 0.394 e. The fourth-order valence-corrected chi connectivity index (χ4v) is 1.92. The number of aliphatic hydroxyl groups is 1. The van der Waals surface area contributed by atoms with Gasteiger partial charge in [-0.1, -0.05) is 7.43 Å². The van der Waals surface area contributed by atoms with Crippen molar-refractivity contribution >= 4 is 11.4 Å². The number of ether oxygens (including phenoxy) is 1. The van der Waals surface area contributed by atoms with Crippen molar-refractivity contribution in [3.8, 4) is 0 Å². The van der Waals surface area contributed by atoms with Crippen molar-refractivity contribution in [3.63, 3.8) is 0 Å². The summed E-state index contributed by atoms with van der Waals surface area (Å²) < 4.78 is 5.40. The minimum absolute atomic E-state index is 0. The second kappa shape index (κ2) is 5.81. The Balaban J connectivity index is 0.00000180. The van der Waals surface area contributed by atoms with Crippen LogP contribution in [0.4, 0.5) is 5.69 Å². The molecule has 6 N–H and O–H groups in total. The van der Waals surface area contributed by atoms with E-state index in [1.54, 1.807) is 0 Å². The molecule has 8 heteroatoms. The molecule has 19 heavy (non-hydrogen) atoms. The summed E-state index contributed by atoms with van der Waals surface area (Å²) in [7, 11) is 0. The maximum Gasteiger partial charge on any atom is 0.326 e. The Labute approximate surface area is 109 Å². The van der Waals surface area contributed by atoms with E-state index < -0.39 is 17.4 Å². The zero-order valence-corrected chi connectivity index (χ0v) is 9.53. The molecule has 0 amide bonds. The minimum Gasteiger partial charge on any atom is -0.394 e. The van der Waals surface area contributed by atoms with Crippen LogP contribution < -0.4 is 17.0 Å². The van der Waals surface area contributed by atoms with Crippen molar-refractivity contribution in [2.45, 2.75) is 32.5 Å². The van der Waals surface area contributed by atoms with Crippen LogP contribution in [0, 0.1) is 5.41 Å². The third-order valence-electron chi connectivity index (χ3n) is 2.88. The average Bonchev–Trinajstić information content (AvgIpc) is 2.81. The van der Waals surface area contributed by atoms with E-state index in [4.69, 9.17) is 21.0 Å². The molecule has 0 spiro atoms. The first kappa shape index (κ1) is 15.1. The van der Waals surface area contributed by atoms with Crippen molar-refractivity contribution < 1.29 is 9.84 Å². The molecule has 1 aliphatic heterocycles. The average molecular weight is 270 g/mol. The van der Waals surface area contributed by atoms with Gasteiger partial charge in [-0.3, -0.25) is 9.78 Å². The summed E-state index contributed by atoms with van der Waals surface area (Å²) in [4.78, 5) is 26.8. The zero-order valence-electron chi connectivity index (χ0n) is 9.53. The topological polar surface area (TPSA) is 145 Å². The van der Waals surface area contributed by atoms with Gasteiger partial charge in [-0.15, -0.1) is 0 Å². The molecule has 1 aromatic heterocycles. The monoisotopic (exact) mass is 270 g/mol. The van der Waals surface area contributed by atoms with Crippen LogP contribution in [0.2, 0.25) is 0 Å². The van der Waals surface area contributed by atoms with E-state index in [2.05, 4.69) is 4.98 Å². The van der Waals surface area contributed by atoms with Gasteiger partial charge in [0.05, 0.1) is 24.1 Å². The fraction of sp³-hybridized carbons (Fsp3) is 0.545. The number of anilines is 1. The Morgan fingerprint density at radius 1 is 1.42 bits per heavy atom. The van der Waals surface area contributed by atoms with Crippen LogP contribution in [-0.2, 0) is 4.74 Å². The number of aliphatic hydroxyl groups excluding tert-OH is 1. The number of aromatic amines is 2. The number of nitrogens with one attached hydrogen (secondary N) is 3. The van der Waals surface area contributed by atoms with Gasteiger partial charge < -0.3 is 26.0 Å². The quantitative estimate of drug-likeness (QED) is 0.456. The molecule has 0 saturated carbocycles. The lowest BCUT2D eigenvalue weighted by Crippen LogP contribution is -2.32. The van der Waals surface area contributed by atoms with E-state index in [1.165, 1.54) is 0 Å². The van der Waals surface area contributed by atoms with Gasteiger partial charge in [-0.05, 0) is 12.8 Å². The van der Waals surface area contributed by atoms with Crippen LogP contribution in [0.3, 0.4) is 0 Å². The lowest BCUT2D eigenvalue weighted by molar-refractivity contribution is 0.0381. The molecular formula is C11H18N4O4. The summed E-state index contributed by atoms with van der Waals surface area (Å²) >= 11 is 0. The van der Waals surface area contributed by atoms with E-state index in [0.717, 1.165) is 0 Å². The number of hydrogen-bond donors (Lipinski definition) is 5. The lowest BCUT2D eigenvalue weighted by atomic mass is 10.1. The van der Waals surface area contributed by atoms with Gasteiger partial charge in [0, 0.05) is 0 Å². The molecule has 2 heterocycles.